The average molecular weight is 334 g/mol. The van der Waals surface area contributed by atoms with Crippen molar-refractivity contribution in [3.8, 4) is 0 Å². The van der Waals surface area contributed by atoms with Crippen molar-refractivity contribution >= 4 is 27.7 Å². The molecule has 100 valence electrons. The molecule has 0 amide bonds. The van der Waals surface area contributed by atoms with Crippen molar-refractivity contribution in [3.63, 3.8) is 0 Å². The number of thioether (sulfide) groups is 1. The van der Waals surface area contributed by atoms with Crippen LogP contribution in [-0.4, -0.2) is 30.8 Å². The first-order chi connectivity index (χ1) is 8.74. The molecule has 1 aromatic rings. The third-order valence-electron chi connectivity index (χ3n) is 2.95. The molecular formula is C13H17BrFNOS. The van der Waals surface area contributed by atoms with E-state index in [2.05, 4.69) is 21.2 Å². The second-order valence-corrected chi connectivity index (χ2v) is 6.17. The molecule has 0 spiro atoms. The normalized spacial score (nSPS) is 21.8. The van der Waals surface area contributed by atoms with Crippen LogP contribution < -0.4 is 5.32 Å². The van der Waals surface area contributed by atoms with Crippen LogP contribution in [0.3, 0.4) is 0 Å². The molecule has 1 aromatic carbocycles. The fraction of sp³-hybridized carbons (Fsp3) is 0.538. The van der Waals surface area contributed by atoms with Gasteiger partial charge in [0.1, 0.15) is 5.82 Å². The molecular weight excluding hydrogens is 317 g/mol. The van der Waals surface area contributed by atoms with Crippen LogP contribution in [0.15, 0.2) is 22.7 Å². The predicted molar refractivity (Wildman–Crippen MR) is 77.6 cm³/mol. The lowest BCUT2D eigenvalue weighted by Crippen LogP contribution is -2.38. The Labute approximate surface area is 120 Å². The van der Waals surface area contributed by atoms with Gasteiger partial charge in [-0.3, -0.25) is 0 Å². The van der Waals surface area contributed by atoms with E-state index in [1.165, 1.54) is 0 Å². The van der Waals surface area contributed by atoms with Crippen molar-refractivity contribution in [1.29, 1.82) is 0 Å². The highest BCUT2D eigenvalue weighted by atomic mass is 79.9. The molecule has 5 heteroatoms. The van der Waals surface area contributed by atoms with Gasteiger partial charge in [0, 0.05) is 17.1 Å². The molecule has 2 rings (SSSR count). The van der Waals surface area contributed by atoms with Crippen molar-refractivity contribution in [2.45, 2.75) is 19.1 Å². The first-order valence-corrected chi connectivity index (χ1v) is 8.05. The summed E-state index contributed by atoms with van der Waals surface area (Å²) in [5.74, 6) is 1.74. The Morgan fingerprint density at radius 3 is 3.11 bits per heavy atom. The fourth-order valence-electron chi connectivity index (χ4n) is 2.12. The molecule has 2 unspecified atom stereocenters. The number of hydrogen-bond donors (Lipinski definition) is 1. The summed E-state index contributed by atoms with van der Waals surface area (Å²) in [5, 5.41) is 3.34. The van der Waals surface area contributed by atoms with E-state index in [0.717, 1.165) is 24.7 Å². The van der Waals surface area contributed by atoms with Gasteiger partial charge in [-0.05, 0) is 28.5 Å². The molecule has 2 nitrogen and oxygen atoms in total. The van der Waals surface area contributed by atoms with E-state index in [0.29, 0.717) is 10.0 Å². The van der Waals surface area contributed by atoms with E-state index in [-0.39, 0.29) is 18.0 Å². The third kappa shape index (κ3) is 3.26. The summed E-state index contributed by atoms with van der Waals surface area (Å²) in [6, 6.07) is 5.33. The van der Waals surface area contributed by atoms with Gasteiger partial charge in [0.2, 0.25) is 0 Å². The van der Waals surface area contributed by atoms with Gasteiger partial charge in [0.15, 0.2) is 0 Å². The monoisotopic (exact) mass is 333 g/mol. The highest BCUT2D eigenvalue weighted by Gasteiger charge is 2.28. The zero-order valence-corrected chi connectivity index (χ0v) is 12.7. The van der Waals surface area contributed by atoms with Crippen molar-refractivity contribution in [2.24, 2.45) is 0 Å². The van der Waals surface area contributed by atoms with Crippen LogP contribution in [0.25, 0.3) is 0 Å². The van der Waals surface area contributed by atoms with Crippen LogP contribution in [-0.2, 0) is 4.74 Å². The van der Waals surface area contributed by atoms with Gasteiger partial charge in [0.25, 0.3) is 0 Å². The molecule has 0 bridgehead atoms. The highest BCUT2D eigenvalue weighted by molar-refractivity contribution is 9.10. The number of rotatable bonds is 4. The molecule has 0 radical (unpaired) electrons. The molecule has 2 atom stereocenters. The first-order valence-electron chi connectivity index (χ1n) is 6.10. The number of ether oxygens (including phenoxy) is 1. The van der Waals surface area contributed by atoms with Gasteiger partial charge in [-0.25, -0.2) is 4.39 Å². The smallest absolute Gasteiger partial charge is 0.142 e. The maximum absolute atomic E-state index is 14.2. The summed E-state index contributed by atoms with van der Waals surface area (Å²) < 4.78 is 20.5. The van der Waals surface area contributed by atoms with Crippen molar-refractivity contribution < 1.29 is 9.13 Å². The maximum Gasteiger partial charge on any atom is 0.142 e. The molecule has 0 aliphatic carbocycles. The zero-order chi connectivity index (χ0) is 13.0. The van der Waals surface area contributed by atoms with Crippen LogP contribution in [0.1, 0.15) is 18.5 Å². The largest absolute Gasteiger partial charge is 0.375 e. The van der Waals surface area contributed by atoms with E-state index in [9.17, 15) is 4.39 Å². The molecule has 0 aromatic heterocycles. The molecule has 1 N–H and O–H groups in total. The number of likely N-dealkylation sites (N-methyl/N-ethyl adjacent to an activating group) is 1. The summed E-state index contributed by atoms with van der Waals surface area (Å²) in [7, 11) is 0. The first kappa shape index (κ1) is 14.3. The maximum atomic E-state index is 14.2. The summed E-state index contributed by atoms with van der Waals surface area (Å²) in [4.78, 5) is 0. The van der Waals surface area contributed by atoms with Gasteiger partial charge in [-0.15, -0.1) is 0 Å². The lowest BCUT2D eigenvalue weighted by atomic mass is 10.0. The van der Waals surface area contributed by atoms with Crippen LogP contribution in [0, 0.1) is 5.82 Å². The second kappa shape index (κ2) is 6.89. The Morgan fingerprint density at radius 1 is 1.61 bits per heavy atom. The van der Waals surface area contributed by atoms with Crippen LogP contribution in [0.4, 0.5) is 4.39 Å². The number of hydrogen-bond acceptors (Lipinski definition) is 3. The van der Waals surface area contributed by atoms with Gasteiger partial charge < -0.3 is 10.1 Å². The number of nitrogens with one attached hydrogen (secondary N) is 1. The Kier molecular flexibility index (Phi) is 5.48. The summed E-state index contributed by atoms with van der Waals surface area (Å²) in [6.07, 6.45) is 0.0347. The molecule has 1 aliphatic rings. The van der Waals surface area contributed by atoms with Crippen LogP contribution >= 0.6 is 27.7 Å². The lowest BCUT2D eigenvalue weighted by molar-refractivity contribution is 0.0462. The molecule has 1 fully saturated rings. The molecule has 0 saturated carbocycles. The van der Waals surface area contributed by atoms with Gasteiger partial charge >= 0.3 is 0 Å². The van der Waals surface area contributed by atoms with Crippen LogP contribution in [0.5, 0.6) is 0 Å². The topological polar surface area (TPSA) is 21.3 Å². The second-order valence-electron chi connectivity index (χ2n) is 4.16. The van der Waals surface area contributed by atoms with E-state index in [1.54, 1.807) is 6.07 Å². The Hall–Kier alpha value is -0.100. The Morgan fingerprint density at radius 2 is 2.44 bits per heavy atom. The molecule has 1 aliphatic heterocycles. The summed E-state index contributed by atoms with van der Waals surface area (Å²) in [5.41, 5.74) is 0.679. The van der Waals surface area contributed by atoms with Gasteiger partial charge in [-0.1, -0.05) is 19.1 Å². The van der Waals surface area contributed by atoms with E-state index < -0.39 is 0 Å². The minimum atomic E-state index is -0.192. The average Bonchev–Trinajstić information content (AvgIpc) is 2.41. The number of benzene rings is 1. The quantitative estimate of drug-likeness (QED) is 0.912. The zero-order valence-electron chi connectivity index (χ0n) is 10.3. The molecule has 1 heterocycles. The molecule has 18 heavy (non-hydrogen) atoms. The van der Waals surface area contributed by atoms with Gasteiger partial charge in [-0.2, -0.15) is 11.8 Å². The summed E-state index contributed by atoms with van der Waals surface area (Å²) >= 11 is 5.10. The van der Waals surface area contributed by atoms with Gasteiger partial charge in [0.05, 0.1) is 23.2 Å². The minimum Gasteiger partial charge on any atom is -0.375 e. The lowest BCUT2D eigenvalue weighted by Gasteiger charge is -2.31. The minimum absolute atomic E-state index is 0.0347. The van der Waals surface area contributed by atoms with E-state index >= 15 is 0 Å². The standard InChI is InChI=1S/C13H17BrFNOS/c1-2-16-13(11-8-18-7-6-17-11)9-4-3-5-10(14)12(9)15/h3-5,11,13,16H,2,6-8H2,1H3. The highest BCUT2D eigenvalue weighted by Crippen LogP contribution is 2.30. The van der Waals surface area contributed by atoms with Crippen molar-refractivity contribution in [2.75, 3.05) is 24.7 Å². The number of halogens is 2. The van der Waals surface area contributed by atoms with Crippen molar-refractivity contribution in [1.82, 2.24) is 5.32 Å². The Balaban J connectivity index is 2.25. The van der Waals surface area contributed by atoms with E-state index in [1.807, 2.05) is 30.8 Å². The Bertz CT molecular complexity index is 399. The summed E-state index contributed by atoms with van der Waals surface area (Å²) in [6.45, 7) is 3.56. The fourth-order valence-corrected chi connectivity index (χ4v) is 3.40. The predicted octanol–water partition coefficient (Wildman–Crippen LogP) is 3.37. The SMILES string of the molecule is CCNC(c1cccc(Br)c1F)C1CSCCO1. The third-order valence-corrected chi connectivity index (χ3v) is 4.59. The van der Waals surface area contributed by atoms with E-state index in [4.69, 9.17) is 4.74 Å². The van der Waals surface area contributed by atoms with Crippen molar-refractivity contribution in [3.05, 3.63) is 34.1 Å². The van der Waals surface area contributed by atoms with Crippen LogP contribution in [0.2, 0.25) is 0 Å². The molecule has 1 saturated heterocycles.